The summed E-state index contributed by atoms with van der Waals surface area (Å²) in [7, 11) is 0. The average molecular weight is 327 g/mol. The SMILES string of the molecule is O=C(c1ccccc1)c1ccc(-c2ccc(C(F)(F)F)cc2)nc1. The van der Waals surface area contributed by atoms with E-state index in [2.05, 4.69) is 4.98 Å². The van der Waals surface area contributed by atoms with Crippen LogP contribution in [0.5, 0.6) is 0 Å². The third-order valence-corrected chi connectivity index (χ3v) is 3.57. The number of hydrogen-bond acceptors (Lipinski definition) is 2. The van der Waals surface area contributed by atoms with Gasteiger partial charge >= 0.3 is 6.18 Å². The Morgan fingerprint density at radius 1 is 0.792 bits per heavy atom. The molecular weight excluding hydrogens is 315 g/mol. The third kappa shape index (κ3) is 3.35. The molecule has 0 amide bonds. The normalized spacial score (nSPS) is 11.3. The maximum Gasteiger partial charge on any atom is 0.416 e. The van der Waals surface area contributed by atoms with Crippen molar-refractivity contribution in [3.8, 4) is 11.3 Å². The molecule has 2 nitrogen and oxygen atoms in total. The zero-order valence-electron chi connectivity index (χ0n) is 12.4. The van der Waals surface area contributed by atoms with Crippen LogP contribution in [0.15, 0.2) is 72.9 Å². The highest BCUT2D eigenvalue weighted by atomic mass is 19.4. The number of alkyl halides is 3. The van der Waals surface area contributed by atoms with E-state index in [0.29, 0.717) is 22.4 Å². The van der Waals surface area contributed by atoms with E-state index >= 15 is 0 Å². The summed E-state index contributed by atoms with van der Waals surface area (Å²) in [5, 5.41) is 0. The van der Waals surface area contributed by atoms with Gasteiger partial charge in [-0.15, -0.1) is 0 Å². The first-order chi connectivity index (χ1) is 11.4. The summed E-state index contributed by atoms with van der Waals surface area (Å²) < 4.78 is 37.7. The van der Waals surface area contributed by atoms with Gasteiger partial charge in [0.25, 0.3) is 0 Å². The van der Waals surface area contributed by atoms with Gasteiger partial charge < -0.3 is 0 Å². The number of aromatic nitrogens is 1. The predicted molar refractivity (Wildman–Crippen MR) is 84.5 cm³/mol. The van der Waals surface area contributed by atoms with E-state index in [-0.39, 0.29) is 5.78 Å². The molecule has 0 bridgehead atoms. The molecule has 0 spiro atoms. The van der Waals surface area contributed by atoms with Gasteiger partial charge in [-0.1, -0.05) is 42.5 Å². The van der Waals surface area contributed by atoms with E-state index < -0.39 is 11.7 Å². The molecule has 0 radical (unpaired) electrons. The topological polar surface area (TPSA) is 30.0 Å². The van der Waals surface area contributed by atoms with E-state index in [4.69, 9.17) is 0 Å². The lowest BCUT2D eigenvalue weighted by atomic mass is 10.0. The van der Waals surface area contributed by atoms with Gasteiger partial charge in [-0.25, -0.2) is 0 Å². The van der Waals surface area contributed by atoms with Crippen LogP contribution in [0.3, 0.4) is 0 Å². The zero-order valence-corrected chi connectivity index (χ0v) is 12.4. The molecule has 3 rings (SSSR count). The highest BCUT2D eigenvalue weighted by molar-refractivity contribution is 6.08. The number of carbonyl (C=O) groups is 1. The lowest BCUT2D eigenvalue weighted by Crippen LogP contribution is -2.04. The first-order valence-electron chi connectivity index (χ1n) is 7.18. The molecule has 120 valence electrons. The van der Waals surface area contributed by atoms with Gasteiger partial charge in [0.2, 0.25) is 0 Å². The van der Waals surface area contributed by atoms with Crippen molar-refractivity contribution in [3.63, 3.8) is 0 Å². The monoisotopic (exact) mass is 327 g/mol. The van der Waals surface area contributed by atoms with Crippen LogP contribution in [0, 0.1) is 0 Å². The number of nitrogens with zero attached hydrogens (tertiary/aromatic N) is 1. The minimum absolute atomic E-state index is 0.151. The molecule has 2 aromatic carbocycles. The molecule has 0 saturated heterocycles. The Bertz CT molecular complexity index is 839. The molecule has 1 aromatic heterocycles. The van der Waals surface area contributed by atoms with Gasteiger partial charge in [0.15, 0.2) is 5.78 Å². The third-order valence-electron chi connectivity index (χ3n) is 3.57. The van der Waals surface area contributed by atoms with E-state index in [0.717, 1.165) is 12.1 Å². The van der Waals surface area contributed by atoms with Crippen molar-refractivity contribution in [3.05, 3.63) is 89.6 Å². The van der Waals surface area contributed by atoms with Gasteiger partial charge in [-0.3, -0.25) is 9.78 Å². The molecule has 0 aliphatic heterocycles. The van der Waals surface area contributed by atoms with E-state index in [9.17, 15) is 18.0 Å². The van der Waals surface area contributed by atoms with Crippen molar-refractivity contribution in [2.24, 2.45) is 0 Å². The standard InChI is InChI=1S/C19H12F3NO/c20-19(21,22)16-9-6-13(7-10-16)17-11-8-15(12-23-17)18(24)14-4-2-1-3-5-14/h1-12H. The fraction of sp³-hybridized carbons (Fsp3) is 0.0526. The fourth-order valence-electron chi connectivity index (χ4n) is 2.29. The second-order valence-corrected chi connectivity index (χ2v) is 5.20. The first kappa shape index (κ1) is 15.9. The molecule has 0 aliphatic rings. The van der Waals surface area contributed by atoms with E-state index in [1.165, 1.54) is 18.3 Å². The molecule has 0 aliphatic carbocycles. The number of benzene rings is 2. The Morgan fingerprint density at radius 2 is 1.46 bits per heavy atom. The minimum atomic E-state index is -4.36. The number of pyridine rings is 1. The van der Waals surface area contributed by atoms with Gasteiger partial charge in [0, 0.05) is 22.9 Å². The molecule has 24 heavy (non-hydrogen) atoms. The van der Waals surface area contributed by atoms with Crippen molar-refractivity contribution in [1.82, 2.24) is 4.98 Å². The lowest BCUT2D eigenvalue weighted by Gasteiger charge is -2.08. The summed E-state index contributed by atoms with van der Waals surface area (Å²) >= 11 is 0. The van der Waals surface area contributed by atoms with Crippen LogP contribution in [-0.4, -0.2) is 10.8 Å². The Kier molecular flexibility index (Phi) is 4.16. The van der Waals surface area contributed by atoms with E-state index in [1.807, 2.05) is 6.07 Å². The van der Waals surface area contributed by atoms with Gasteiger partial charge in [0.05, 0.1) is 11.3 Å². The highest BCUT2D eigenvalue weighted by Gasteiger charge is 2.30. The molecule has 1 heterocycles. The second kappa shape index (κ2) is 6.28. The zero-order chi connectivity index (χ0) is 17.2. The highest BCUT2D eigenvalue weighted by Crippen LogP contribution is 2.30. The van der Waals surface area contributed by atoms with Crippen molar-refractivity contribution >= 4 is 5.78 Å². The largest absolute Gasteiger partial charge is 0.416 e. The number of rotatable bonds is 3. The molecule has 0 unspecified atom stereocenters. The van der Waals surface area contributed by atoms with Crippen molar-refractivity contribution in [2.45, 2.75) is 6.18 Å². The number of hydrogen-bond donors (Lipinski definition) is 0. The number of ketones is 1. The van der Waals surface area contributed by atoms with Crippen molar-refractivity contribution < 1.29 is 18.0 Å². The summed E-state index contributed by atoms with van der Waals surface area (Å²) in [5.74, 6) is -0.151. The Balaban J connectivity index is 1.83. The predicted octanol–water partition coefficient (Wildman–Crippen LogP) is 5.00. The average Bonchev–Trinajstić information content (AvgIpc) is 2.61. The second-order valence-electron chi connectivity index (χ2n) is 5.20. The van der Waals surface area contributed by atoms with Crippen LogP contribution >= 0.6 is 0 Å². The number of halogens is 3. The van der Waals surface area contributed by atoms with Crippen LogP contribution in [0.4, 0.5) is 13.2 Å². The van der Waals surface area contributed by atoms with Crippen molar-refractivity contribution in [1.29, 1.82) is 0 Å². The first-order valence-corrected chi connectivity index (χ1v) is 7.18. The maximum absolute atomic E-state index is 12.6. The minimum Gasteiger partial charge on any atom is -0.289 e. The van der Waals surface area contributed by atoms with Gasteiger partial charge in [-0.2, -0.15) is 13.2 Å². The van der Waals surface area contributed by atoms with Crippen LogP contribution in [-0.2, 0) is 6.18 Å². The van der Waals surface area contributed by atoms with Crippen LogP contribution in [0.2, 0.25) is 0 Å². The smallest absolute Gasteiger partial charge is 0.289 e. The molecule has 0 N–H and O–H groups in total. The maximum atomic E-state index is 12.6. The van der Waals surface area contributed by atoms with Crippen molar-refractivity contribution in [2.75, 3.05) is 0 Å². The Hall–Kier alpha value is -2.95. The fourth-order valence-corrected chi connectivity index (χ4v) is 2.29. The van der Waals surface area contributed by atoms with Gasteiger partial charge in [-0.05, 0) is 24.3 Å². The van der Waals surface area contributed by atoms with E-state index in [1.54, 1.807) is 36.4 Å². The Labute approximate surface area is 136 Å². The molecule has 3 aromatic rings. The summed E-state index contributed by atoms with van der Waals surface area (Å²) in [4.78, 5) is 16.5. The number of carbonyl (C=O) groups excluding carboxylic acids is 1. The van der Waals surface area contributed by atoms with Crippen LogP contribution < -0.4 is 0 Å². The van der Waals surface area contributed by atoms with Gasteiger partial charge in [0.1, 0.15) is 0 Å². The van der Waals surface area contributed by atoms with Crippen LogP contribution in [0.1, 0.15) is 21.5 Å². The molecule has 5 heteroatoms. The van der Waals surface area contributed by atoms with Crippen LogP contribution in [0.25, 0.3) is 11.3 Å². The molecule has 0 saturated carbocycles. The Morgan fingerprint density at radius 3 is 2.00 bits per heavy atom. The molecule has 0 fully saturated rings. The summed E-state index contributed by atoms with van der Waals surface area (Å²) in [5.41, 5.74) is 1.34. The summed E-state index contributed by atoms with van der Waals surface area (Å²) in [6, 6.07) is 16.8. The lowest BCUT2D eigenvalue weighted by molar-refractivity contribution is -0.137. The molecular formula is C19H12F3NO. The summed E-state index contributed by atoms with van der Waals surface area (Å²) in [6.45, 7) is 0. The molecule has 0 atom stereocenters. The quantitative estimate of drug-likeness (QED) is 0.634. The summed E-state index contributed by atoms with van der Waals surface area (Å²) in [6.07, 6.45) is -2.93.